The van der Waals surface area contributed by atoms with Crippen LogP contribution in [0.15, 0.2) is 24.4 Å². The smallest absolute Gasteiger partial charge is 0.157 e. The van der Waals surface area contributed by atoms with Gasteiger partial charge in [-0.05, 0) is 55.7 Å². The lowest BCUT2D eigenvalue weighted by Crippen LogP contribution is -2.50. The molecule has 0 bridgehead atoms. The summed E-state index contributed by atoms with van der Waals surface area (Å²) in [6.45, 7) is 5.19. The lowest BCUT2D eigenvalue weighted by Gasteiger charge is -2.47. The average Bonchev–Trinajstić information content (AvgIpc) is 2.98. The molecule has 128 valence electrons. The van der Waals surface area contributed by atoms with Crippen LogP contribution in [0.4, 0.5) is 0 Å². The first-order valence-electron chi connectivity index (χ1n) is 9.04. The number of rotatable bonds is 3. The molecule has 1 saturated heterocycles. The van der Waals surface area contributed by atoms with E-state index in [-0.39, 0.29) is 6.10 Å². The number of piperidine rings is 1. The van der Waals surface area contributed by atoms with Crippen LogP contribution in [0, 0.1) is 5.92 Å². The van der Waals surface area contributed by atoms with E-state index >= 15 is 0 Å². The van der Waals surface area contributed by atoms with E-state index in [9.17, 15) is 0 Å². The Morgan fingerprint density at radius 3 is 3.04 bits per heavy atom. The fraction of sp³-hybridized carbons (Fsp3) is 0.550. The number of fused-ring (bicyclic) bond motifs is 2. The number of thiocarbonyl (C=S) groups is 1. The van der Waals surface area contributed by atoms with Crippen LogP contribution in [0.1, 0.15) is 43.7 Å². The number of hydrogen-bond acceptors (Lipinski definition) is 3. The van der Waals surface area contributed by atoms with Gasteiger partial charge in [0.2, 0.25) is 0 Å². The minimum atomic E-state index is 0.234. The maximum Gasteiger partial charge on any atom is 0.157 e. The Balaban J connectivity index is 1.69. The second-order valence-corrected chi connectivity index (χ2v) is 8.03. The van der Waals surface area contributed by atoms with Gasteiger partial charge in [0.25, 0.3) is 0 Å². The molecule has 1 N–H and O–H groups in total. The summed E-state index contributed by atoms with van der Waals surface area (Å²) in [7, 11) is 2.28. The lowest BCUT2D eigenvalue weighted by molar-refractivity contribution is 0.0319. The van der Waals surface area contributed by atoms with Gasteiger partial charge in [0.05, 0.1) is 0 Å². The molecule has 24 heavy (non-hydrogen) atoms. The maximum atomic E-state index is 5.99. The summed E-state index contributed by atoms with van der Waals surface area (Å²) in [5, 5.41) is 2.14. The Hall–Kier alpha value is -1.39. The summed E-state index contributed by atoms with van der Waals surface area (Å²) in [5.41, 5.74) is 4.28. The zero-order valence-corrected chi connectivity index (χ0v) is 15.5. The van der Waals surface area contributed by atoms with Crippen molar-refractivity contribution in [1.29, 1.82) is 0 Å². The fourth-order valence-electron chi connectivity index (χ4n) is 4.98. The summed E-state index contributed by atoms with van der Waals surface area (Å²) in [5.74, 6) is 1.12. The molecule has 2 heterocycles. The van der Waals surface area contributed by atoms with Gasteiger partial charge in [-0.1, -0.05) is 19.1 Å². The predicted octanol–water partition coefficient (Wildman–Crippen LogP) is 4.27. The number of aromatic amines is 1. The highest BCUT2D eigenvalue weighted by Crippen LogP contribution is 2.45. The average molecular weight is 343 g/mol. The molecule has 4 heteroatoms. The van der Waals surface area contributed by atoms with Gasteiger partial charge in [0.1, 0.15) is 6.10 Å². The molecule has 3 nitrogen and oxygen atoms in total. The van der Waals surface area contributed by atoms with Crippen molar-refractivity contribution in [3.63, 3.8) is 0 Å². The molecule has 1 aliphatic heterocycles. The third-order valence-corrected chi connectivity index (χ3v) is 6.10. The quantitative estimate of drug-likeness (QED) is 0.844. The van der Waals surface area contributed by atoms with Gasteiger partial charge in [-0.25, -0.2) is 0 Å². The maximum absolute atomic E-state index is 5.99. The molecule has 4 rings (SSSR count). The van der Waals surface area contributed by atoms with Crippen LogP contribution in [0.3, 0.4) is 0 Å². The largest absolute Gasteiger partial charge is 0.484 e. The summed E-state index contributed by atoms with van der Waals surface area (Å²) < 4.78 is 5.99. The molecule has 1 unspecified atom stereocenters. The fourth-order valence-corrected chi connectivity index (χ4v) is 5.10. The van der Waals surface area contributed by atoms with Crippen molar-refractivity contribution in [2.75, 3.05) is 13.6 Å². The zero-order valence-electron chi connectivity index (χ0n) is 14.7. The van der Waals surface area contributed by atoms with Crippen LogP contribution in [0.5, 0.6) is 0 Å². The molecular formula is C20H26N2OS. The second-order valence-electron chi connectivity index (χ2n) is 7.45. The third-order valence-electron chi connectivity index (χ3n) is 6.00. The van der Waals surface area contributed by atoms with E-state index < -0.39 is 0 Å². The number of benzene rings is 1. The first-order chi connectivity index (χ1) is 11.6. The number of nitrogens with zero attached hydrogens (tertiary/aromatic N) is 1. The Kier molecular flexibility index (Phi) is 4.13. The van der Waals surface area contributed by atoms with Crippen molar-refractivity contribution < 1.29 is 4.74 Å². The van der Waals surface area contributed by atoms with Gasteiger partial charge in [-0.15, -0.1) is 0 Å². The van der Waals surface area contributed by atoms with Gasteiger partial charge < -0.3 is 14.6 Å². The molecule has 4 atom stereocenters. The number of nitrogens with one attached hydrogen (secondary N) is 1. The van der Waals surface area contributed by atoms with Crippen molar-refractivity contribution in [3.8, 4) is 0 Å². The van der Waals surface area contributed by atoms with Crippen molar-refractivity contribution in [2.24, 2.45) is 5.92 Å². The Labute approximate surface area is 149 Å². The molecular weight excluding hydrogens is 316 g/mol. The molecule has 1 fully saturated rings. The monoisotopic (exact) mass is 342 g/mol. The van der Waals surface area contributed by atoms with Gasteiger partial charge in [0.15, 0.2) is 5.05 Å². The van der Waals surface area contributed by atoms with E-state index in [4.69, 9.17) is 17.0 Å². The third kappa shape index (κ3) is 2.56. The van der Waals surface area contributed by atoms with E-state index in [1.165, 1.54) is 28.5 Å². The number of H-pyrrole nitrogens is 1. The van der Waals surface area contributed by atoms with Crippen LogP contribution >= 0.6 is 12.2 Å². The summed E-state index contributed by atoms with van der Waals surface area (Å²) >= 11 is 5.20. The molecule has 2 aliphatic rings. The predicted molar refractivity (Wildman–Crippen MR) is 103 cm³/mol. The number of likely N-dealkylation sites (N-methyl/N-ethyl adjacent to an activating group) is 1. The van der Waals surface area contributed by atoms with Crippen LogP contribution in [-0.4, -0.2) is 40.7 Å². The molecule has 0 amide bonds. The molecule has 0 spiro atoms. The molecule has 0 radical (unpaired) electrons. The Bertz CT molecular complexity index is 768. The minimum Gasteiger partial charge on any atom is -0.484 e. The van der Waals surface area contributed by atoms with Gasteiger partial charge in [-0.2, -0.15) is 0 Å². The van der Waals surface area contributed by atoms with Gasteiger partial charge in [-0.3, -0.25) is 0 Å². The summed E-state index contributed by atoms with van der Waals surface area (Å²) in [6, 6.07) is 7.32. The minimum absolute atomic E-state index is 0.234. The van der Waals surface area contributed by atoms with Gasteiger partial charge >= 0.3 is 0 Å². The van der Waals surface area contributed by atoms with E-state index in [0.29, 0.717) is 22.9 Å². The summed E-state index contributed by atoms with van der Waals surface area (Å²) in [6.07, 6.45) is 5.80. The molecule has 2 aromatic rings. The number of aromatic nitrogens is 1. The Morgan fingerprint density at radius 2 is 2.29 bits per heavy atom. The second kappa shape index (κ2) is 6.16. The molecule has 1 aliphatic carbocycles. The number of hydrogen-bond donors (Lipinski definition) is 1. The van der Waals surface area contributed by atoms with Crippen molar-refractivity contribution in [3.05, 3.63) is 35.5 Å². The molecule has 1 aromatic heterocycles. The number of ether oxygens (including phenoxy) is 1. The SMILES string of the molecule is CCC(OC(C)=S)[C@@H]1C[C@@H]2c3cccc4[nH]cc(c34)C[C@H]2N(C)C1. The molecule has 1 aromatic carbocycles. The van der Waals surface area contributed by atoms with E-state index in [0.717, 1.165) is 19.4 Å². The summed E-state index contributed by atoms with van der Waals surface area (Å²) in [4.78, 5) is 6.01. The first kappa shape index (κ1) is 16.1. The van der Waals surface area contributed by atoms with Crippen molar-refractivity contribution in [2.45, 2.75) is 51.2 Å². The Morgan fingerprint density at radius 1 is 1.46 bits per heavy atom. The van der Waals surface area contributed by atoms with E-state index in [1.54, 1.807) is 0 Å². The van der Waals surface area contributed by atoms with Crippen LogP contribution in [-0.2, 0) is 11.2 Å². The highest BCUT2D eigenvalue weighted by Gasteiger charge is 2.41. The van der Waals surface area contributed by atoms with Crippen LogP contribution in [0.2, 0.25) is 0 Å². The van der Waals surface area contributed by atoms with Gasteiger partial charge in [0, 0.05) is 48.4 Å². The van der Waals surface area contributed by atoms with Crippen LogP contribution in [0.25, 0.3) is 10.9 Å². The first-order valence-corrected chi connectivity index (χ1v) is 9.45. The topological polar surface area (TPSA) is 28.3 Å². The van der Waals surface area contributed by atoms with E-state index in [1.807, 2.05) is 6.92 Å². The standard InChI is InChI=1S/C20H26N2OS/c1-4-19(23-12(2)24)14-8-16-15-6-5-7-17-20(15)13(10-21-17)9-18(16)22(3)11-14/h5-7,10,14,16,18-19,21H,4,8-9,11H2,1-3H3/t14-,16-,18-,19?/m1/s1. The lowest BCUT2D eigenvalue weighted by atomic mass is 9.71. The van der Waals surface area contributed by atoms with Crippen molar-refractivity contribution in [1.82, 2.24) is 9.88 Å². The number of likely N-dealkylation sites (tertiary alicyclic amines) is 1. The normalized spacial score (nSPS) is 27.7. The highest BCUT2D eigenvalue weighted by atomic mass is 32.1. The zero-order chi connectivity index (χ0) is 16.8. The molecule has 0 saturated carbocycles. The van der Waals surface area contributed by atoms with E-state index in [2.05, 4.69) is 48.3 Å². The highest BCUT2D eigenvalue weighted by molar-refractivity contribution is 7.80. The van der Waals surface area contributed by atoms with Crippen molar-refractivity contribution >= 4 is 28.2 Å². The van der Waals surface area contributed by atoms with Crippen LogP contribution < -0.4 is 0 Å².